The Morgan fingerprint density at radius 1 is 1.00 bits per heavy atom. The predicted molar refractivity (Wildman–Crippen MR) is 121 cm³/mol. The molecule has 0 radical (unpaired) electrons. The zero-order valence-corrected chi connectivity index (χ0v) is 17.9. The van der Waals surface area contributed by atoms with Gasteiger partial charge in [-0.25, -0.2) is 0 Å². The molecular weight excluding hydrogens is 378 g/mol. The van der Waals surface area contributed by atoms with Gasteiger partial charge in [0.2, 0.25) is 5.43 Å². The summed E-state index contributed by atoms with van der Waals surface area (Å²) < 4.78 is 11.0. The lowest BCUT2D eigenvalue weighted by molar-refractivity contribution is 0.415. The molecule has 0 aliphatic rings. The molecule has 3 rings (SSSR count). The maximum absolute atomic E-state index is 13.1. The molecule has 30 heavy (non-hydrogen) atoms. The van der Waals surface area contributed by atoms with Gasteiger partial charge in [-0.15, -0.1) is 0 Å². The van der Waals surface area contributed by atoms with E-state index in [2.05, 4.69) is 12.2 Å². The lowest BCUT2D eigenvalue weighted by atomic mass is 10.0. The number of nitrogens with one attached hydrogen (secondary N) is 1. The van der Waals surface area contributed by atoms with Gasteiger partial charge in [0.1, 0.15) is 23.3 Å². The summed E-state index contributed by atoms with van der Waals surface area (Å²) in [5, 5.41) is 14.2. The number of rotatable bonds is 11. The summed E-state index contributed by atoms with van der Waals surface area (Å²) in [4.78, 5) is 13.1. The molecule has 0 saturated carbocycles. The van der Waals surface area contributed by atoms with Crippen LogP contribution in [0.1, 0.15) is 51.0 Å². The molecule has 0 fully saturated rings. The van der Waals surface area contributed by atoms with Crippen LogP contribution in [0.25, 0.3) is 22.1 Å². The normalized spacial score (nSPS) is 11.1. The lowest BCUT2D eigenvalue weighted by Gasteiger charge is -2.11. The van der Waals surface area contributed by atoms with Crippen molar-refractivity contribution in [1.82, 2.24) is 5.32 Å². The van der Waals surface area contributed by atoms with Crippen LogP contribution >= 0.6 is 0 Å². The summed E-state index contributed by atoms with van der Waals surface area (Å²) in [6.07, 6.45) is 8.89. The standard InChI is InChI=1S/C25H31NO4/c1-3-4-5-6-7-8-15-26-16-21-23(27)14-13-20-24(28)22(17-30-25(20)21)18-9-11-19(29-2)12-10-18/h9-14,17,26-27H,3-8,15-16H2,1-2H3. The molecule has 0 atom stereocenters. The van der Waals surface area contributed by atoms with Gasteiger partial charge in [0, 0.05) is 6.54 Å². The molecule has 0 bridgehead atoms. The van der Waals surface area contributed by atoms with Crippen LogP contribution < -0.4 is 15.5 Å². The molecule has 0 spiro atoms. The Kier molecular flexibility index (Phi) is 7.91. The van der Waals surface area contributed by atoms with E-state index in [1.54, 1.807) is 19.2 Å². The van der Waals surface area contributed by atoms with E-state index < -0.39 is 0 Å². The highest BCUT2D eigenvalue weighted by Crippen LogP contribution is 2.28. The van der Waals surface area contributed by atoms with E-state index in [4.69, 9.17) is 9.15 Å². The molecule has 0 aliphatic carbocycles. The van der Waals surface area contributed by atoms with Crippen LogP contribution in [-0.4, -0.2) is 18.8 Å². The van der Waals surface area contributed by atoms with Gasteiger partial charge in [0.05, 0.1) is 23.6 Å². The molecule has 0 amide bonds. The van der Waals surface area contributed by atoms with Gasteiger partial charge in [-0.05, 0) is 42.8 Å². The average Bonchev–Trinajstić information content (AvgIpc) is 2.77. The summed E-state index contributed by atoms with van der Waals surface area (Å²) in [6.45, 7) is 3.55. The first-order valence-corrected chi connectivity index (χ1v) is 10.8. The number of benzene rings is 2. The Morgan fingerprint density at radius 3 is 2.47 bits per heavy atom. The van der Waals surface area contributed by atoms with E-state index >= 15 is 0 Å². The summed E-state index contributed by atoms with van der Waals surface area (Å²) in [5.74, 6) is 0.867. The number of aromatic hydroxyl groups is 1. The number of hydrogen-bond donors (Lipinski definition) is 2. The van der Waals surface area contributed by atoms with E-state index in [1.807, 2.05) is 24.3 Å². The van der Waals surface area contributed by atoms with Gasteiger partial charge < -0.3 is 19.6 Å². The van der Waals surface area contributed by atoms with E-state index in [1.165, 1.54) is 38.4 Å². The molecule has 1 heterocycles. The Morgan fingerprint density at radius 2 is 1.73 bits per heavy atom. The molecule has 160 valence electrons. The minimum absolute atomic E-state index is 0.112. The highest BCUT2D eigenvalue weighted by Gasteiger charge is 2.15. The Hall–Kier alpha value is -2.79. The van der Waals surface area contributed by atoms with Gasteiger partial charge in [-0.3, -0.25) is 4.79 Å². The quantitative estimate of drug-likeness (QED) is 0.402. The van der Waals surface area contributed by atoms with Crippen molar-refractivity contribution in [2.24, 2.45) is 0 Å². The van der Waals surface area contributed by atoms with Gasteiger partial charge in [-0.2, -0.15) is 0 Å². The van der Waals surface area contributed by atoms with Gasteiger partial charge >= 0.3 is 0 Å². The monoisotopic (exact) mass is 409 g/mol. The van der Waals surface area contributed by atoms with E-state index in [0.717, 1.165) is 24.3 Å². The summed E-state index contributed by atoms with van der Waals surface area (Å²) in [6, 6.07) is 10.5. The molecule has 2 N–H and O–H groups in total. The highest BCUT2D eigenvalue weighted by atomic mass is 16.5. The number of fused-ring (bicyclic) bond motifs is 1. The van der Waals surface area contributed by atoms with Crippen LogP contribution in [0.15, 0.2) is 51.9 Å². The number of hydrogen-bond acceptors (Lipinski definition) is 5. The number of phenols is 1. The topological polar surface area (TPSA) is 71.7 Å². The zero-order chi connectivity index (χ0) is 21.3. The third kappa shape index (κ3) is 5.22. The first-order chi connectivity index (χ1) is 14.7. The van der Waals surface area contributed by atoms with Crippen molar-refractivity contribution in [2.45, 2.75) is 52.0 Å². The summed E-state index contributed by atoms with van der Waals surface area (Å²) in [5.41, 5.74) is 2.20. The minimum Gasteiger partial charge on any atom is -0.507 e. The number of unbranched alkanes of at least 4 members (excludes halogenated alkanes) is 5. The first kappa shape index (κ1) is 21.9. The van der Waals surface area contributed by atoms with Crippen molar-refractivity contribution in [3.8, 4) is 22.6 Å². The van der Waals surface area contributed by atoms with Crippen molar-refractivity contribution in [3.63, 3.8) is 0 Å². The van der Waals surface area contributed by atoms with Crippen molar-refractivity contribution in [3.05, 3.63) is 58.4 Å². The van der Waals surface area contributed by atoms with E-state index in [0.29, 0.717) is 28.6 Å². The molecule has 0 saturated heterocycles. The van der Waals surface area contributed by atoms with E-state index in [9.17, 15) is 9.90 Å². The minimum atomic E-state index is -0.112. The van der Waals surface area contributed by atoms with Crippen LogP contribution in [0, 0.1) is 0 Å². The van der Waals surface area contributed by atoms with Crippen LogP contribution in [0.4, 0.5) is 0 Å². The largest absolute Gasteiger partial charge is 0.507 e. The second-order valence-electron chi connectivity index (χ2n) is 7.59. The van der Waals surface area contributed by atoms with Crippen LogP contribution in [-0.2, 0) is 6.54 Å². The van der Waals surface area contributed by atoms with Crippen LogP contribution in [0.2, 0.25) is 0 Å². The smallest absolute Gasteiger partial charge is 0.200 e. The highest BCUT2D eigenvalue weighted by molar-refractivity contribution is 5.85. The third-order valence-corrected chi connectivity index (χ3v) is 5.43. The van der Waals surface area contributed by atoms with E-state index in [-0.39, 0.29) is 11.2 Å². The molecule has 0 unspecified atom stereocenters. The number of phenolic OH excluding ortho intramolecular Hbond substituents is 1. The second-order valence-corrected chi connectivity index (χ2v) is 7.59. The average molecular weight is 410 g/mol. The molecule has 5 heteroatoms. The van der Waals surface area contributed by atoms with Crippen molar-refractivity contribution >= 4 is 11.0 Å². The van der Waals surface area contributed by atoms with Crippen molar-refractivity contribution in [2.75, 3.05) is 13.7 Å². The SMILES string of the molecule is CCCCCCCCNCc1c(O)ccc2c(=O)c(-c3ccc(OC)cc3)coc12. The fraction of sp³-hybridized carbons (Fsp3) is 0.400. The molecule has 2 aromatic carbocycles. The Labute approximate surface area is 177 Å². The lowest BCUT2D eigenvalue weighted by Crippen LogP contribution is -2.16. The van der Waals surface area contributed by atoms with Gasteiger partial charge in [-0.1, -0.05) is 51.2 Å². The third-order valence-electron chi connectivity index (χ3n) is 5.43. The molecule has 3 aromatic rings. The number of ether oxygens (including phenoxy) is 1. The van der Waals surface area contributed by atoms with Crippen LogP contribution in [0.5, 0.6) is 11.5 Å². The van der Waals surface area contributed by atoms with Crippen molar-refractivity contribution in [1.29, 1.82) is 0 Å². The maximum atomic E-state index is 13.1. The molecule has 1 aromatic heterocycles. The van der Waals surface area contributed by atoms with Crippen molar-refractivity contribution < 1.29 is 14.3 Å². The van der Waals surface area contributed by atoms with Crippen LogP contribution in [0.3, 0.4) is 0 Å². The molecule has 0 aliphatic heterocycles. The Bertz CT molecular complexity index is 1010. The predicted octanol–water partition coefficient (Wildman–Crippen LogP) is 5.62. The number of methoxy groups -OCH3 is 1. The van der Waals surface area contributed by atoms with Gasteiger partial charge in [0.15, 0.2) is 0 Å². The zero-order valence-electron chi connectivity index (χ0n) is 17.9. The molecule has 5 nitrogen and oxygen atoms in total. The summed E-state index contributed by atoms with van der Waals surface area (Å²) in [7, 11) is 1.61. The van der Waals surface area contributed by atoms with Gasteiger partial charge in [0.25, 0.3) is 0 Å². The maximum Gasteiger partial charge on any atom is 0.200 e. The fourth-order valence-electron chi connectivity index (χ4n) is 3.63. The molecular formula is C25H31NO4. The second kappa shape index (κ2) is 10.8. The summed E-state index contributed by atoms with van der Waals surface area (Å²) >= 11 is 0. The fourth-order valence-corrected chi connectivity index (χ4v) is 3.63. The Balaban J connectivity index is 1.73. The first-order valence-electron chi connectivity index (χ1n) is 10.8.